The maximum Gasteiger partial charge on any atom is 0.306 e. The molecule has 1 N–H and O–H groups in total. The fourth-order valence-corrected chi connectivity index (χ4v) is 11.2. The molecule has 0 aromatic heterocycles. The molecule has 39 heavy (non-hydrogen) atoms. The van der Waals surface area contributed by atoms with Gasteiger partial charge in [-0.25, -0.2) is 0 Å². The summed E-state index contributed by atoms with van der Waals surface area (Å²) in [5.74, 6) is 4.00. The van der Waals surface area contributed by atoms with Crippen molar-refractivity contribution in [2.24, 2.45) is 57.2 Å². The van der Waals surface area contributed by atoms with Gasteiger partial charge in [0.15, 0.2) is 0 Å². The zero-order chi connectivity index (χ0) is 28.8. The lowest BCUT2D eigenvalue weighted by molar-refractivity contribution is -0.191. The first-order valence-corrected chi connectivity index (χ1v) is 16.6. The van der Waals surface area contributed by atoms with E-state index in [1.807, 2.05) is 13.8 Å². The summed E-state index contributed by atoms with van der Waals surface area (Å²) >= 11 is 0. The molecule has 9 atom stereocenters. The highest BCUT2D eigenvalue weighted by Crippen LogP contribution is 2.70. The second kappa shape index (κ2) is 11.3. The Bertz CT molecular complexity index is 891. The number of carbonyl (C=O) groups excluding carboxylic acids is 1. The predicted molar refractivity (Wildman–Crippen MR) is 158 cm³/mol. The number of aliphatic carboxylic acids is 1. The van der Waals surface area contributed by atoms with Crippen LogP contribution in [-0.2, 0) is 14.3 Å². The predicted octanol–water partition coefficient (Wildman–Crippen LogP) is 9.30. The molecule has 0 aromatic rings. The third-order valence-electron chi connectivity index (χ3n) is 13.2. The second-order valence-electron chi connectivity index (χ2n) is 16.4. The van der Waals surface area contributed by atoms with Gasteiger partial charge in [-0.05, 0) is 110 Å². The minimum absolute atomic E-state index is 0.0581. The standard InChI is InChI=1S/C35H60O4/c1-9-11-24-23(2)13-15-26-25(24)14-16-28-34(26,7)21-17-27-33(5,6)29(12-10-19-35(27,28)8)39-31(38)22-32(3,4)20-18-30(36)37/h23-29H,9-22H2,1-8H3,(H,36,37)/t23?,24?,25-,26?,27?,28?,29?,34+,35+/m1/s1. The molecule has 224 valence electrons. The van der Waals surface area contributed by atoms with Crippen molar-refractivity contribution in [3.05, 3.63) is 0 Å². The zero-order valence-corrected chi connectivity index (χ0v) is 26.6. The Balaban J connectivity index is 1.52. The molecule has 0 aromatic carbocycles. The maximum absolute atomic E-state index is 13.2. The Morgan fingerprint density at radius 3 is 2.31 bits per heavy atom. The van der Waals surface area contributed by atoms with Gasteiger partial charge in [0.25, 0.3) is 0 Å². The van der Waals surface area contributed by atoms with Crippen LogP contribution in [-0.4, -0.2) is 23.1 Å². The van der Waals surface area contributed by atoms with E-state index in [1.54, 1.807) is 0 Å². The smallest absolute Gasteiger partial charge is 0.306 e. The molecule has 4 nitrogen and oxygen atoms in total. The van der Waals surface area contributed by atoms with Gasteiger partial charge in [-0.2, -0.15) is 0 Å². The largest absolute Gasteiger partial charge is 0.481 e. The number of rotatable bonds is 8. The van der Waals surface area contributed by atoms with E-state index in [0.717, 1.165) is 42.4 Å². The maximum atomic E-state index is 13.2. The molecule has 4 aliphatic carbocycles. The summed E-state index contributed by atoms with van der Waals surface area (Å²) < 4.78 is 6.34. The molecule has 0 saturated heterocycles. The van der Waals surface area contributed by atoms with Crippen molar-refractivity contribution in [1.29, 1.82) is 0 Å². The molecule has 0 aliphatic heterocycles. The van der Waals surface area contributed by atoms with Crippen LogP contribution in [0.4, 0.5) is 0 Å². The molecule has 0 spiro atoms. The summed E-state index contributed by atoms with van der Waals surface area (Å²) in [5.41, 5.74) is 0.321. The average Bonchev–Trinajstić information content (AvgIpc) is 2.92. The highest BCUT2D eigenvalue weighted by Gasteiger charge is 2.64. The average molecular weight is 545 g/mol. The highest BCUT2D eigenvalue weighted by molar-refractivity contribution is 5.71. The van der Waals surface area contributed by atoms with Crippen LogP contribution in [0.3, 0.4) is 0 Å². The van der Waals surface area contributed by atoms with E-state index < -0.39 is 5.97 Å². The summed E-state index contributed by atoms with van der Waals surface area (Å²) in [7, 11) is 0. The zero-order valence-electron chi connectivity index (χ0n) is 26.6. The Morgan fingerprint density at radius 2 is 1.64 bits per heavy atom. The Labute approximate surface area is 239 Å². The SMILES string of the molecule is CCCC1C(C)CCC2[C@@H]1CCC1[C@@]2(C)CCC2C(C)(C)C(OC(=O)CC(C)(C)CCC(=O)O)CCC[C@@]21C. The number of hydrogen-bond donors (Lipinski definition) is 1. The van der Waals surface area contributed by atoms with Crippen molar-refractivity contribution in [2.75, 3.05) is 0 Å². The third-order valence-corrected chi connectivity index (χ3v) is 13.2. The number of esters is 1. The number of fused-ring (bicyclic) bond motifs is 5. The Kier molecular flexibility index (Phi) is 8.96. The topological polar surface area (TPSA) is 63.6 Å². The van der Waals surface area contributed by atoms with Crippen LogP contribution in [0.25, 0.3) is 0 Å². The number of hydrogen-bond acceptors (Lipinski definition) is 3. The van der Waals surface area contributed by atoms with Crippen molar-refractivity contribution >= 4 is 11.9 Å². The fourth-order valence-electron chi connectivity index (χ4n) is 11.2. The van der Waals surface area contributed by atoms with Gasteiger partial charge in [-0.15, -0.1) is 0 Å². The van der Waals surface area contributed by atoms with E-state index in [-0.39, 0.29) is 35.7 Å². The van der Waals surface area contributed by atoms with Crippen LogP contribution < -0.4 is 0 Å². The second-order valence-corrected chi connectivity index (χ2v) is 16.4. The molecule has 4 rings (SSSR count). The van der Waals surface area contributed by atoms with Gasteiger partial charge in [0, 0.05) is 11.8 Å². The molecule has 4 fully saturated rings. The Morgan fingerprint density at radius 1 is 0.923 bits per heavy atom. The van der Waals surface area contributed by atoms with Gasteiger partial charge in [-0.1, -0.05) is 74.7 Å². The fraction of sp³-hybridized carbons (Fsp3) is 0.943. The van der Waals surface area contributed by atoms with Crippen LogP contribution >= 0.6 is 0 Å². The van der Waals surface area contributed by atoms with E-state index >= 15 is 0 Å². The van der Waals surface area contributed by atoms with Crippen LogP contribution in [0.1, 0.15) is 145 Å². The van der Waals surface area contributed by atoms with Gasteiger partial charge in [-0.3, -0.25) is 9.59 Å². The van der Waals surface area contributed by atoms with Gasteiger partial charge in [0.2, 0.25) is 0 Å². The molecular formula is C35H60O4. The lowest BCUT2D eigenvalue weighted by Gasteiger charge is -2.66. The molecule has 4 aliphatic rings. The molecule has 0 radical (unpaired) electrons. The quantitative estimate of drug-likeness (QED) is 0.309. The van der Waals surface area contributed by atoms with Crippen molar-refractivity contribution in [3.8, 4) is 0 Å². The van der Waals surface area contributed by atoms with E-state index in [1.165, 1.54) is 57.8 Å². The van der Waals surface area contributed by atoms with Gasteiger partial charge < -0.3 is 9.84 Å². The van der Waals surface area contributed by atoms with Crippen LogP contribution in [0, 0.1) is 57.2 Å². The summed E-state index contributed by atoms with van der Waals surface area (Å²) in [6, 6.07) is 0. The van der Waals surface area contributed by atoms with E-state index in [9.17, 15) is 9.59 Å². The van der Waals surface area contributed by atoms with Gasteiger partial charge in [0.1, 0.15) is 6.10 Å². The first-order valence-electron chi connectivity index (χ1n) is 16.6. The number of carbonyl (C=O) groups is 2. The number of carboxylic acids is 1. The molecule has 0 bridgehead atoms. The lowest BCUT2D eigenvalue weighted by Crippen LogP contribution is -2.60. The summed E-state index contributed by atoms with van der Waals surface area (Å²) in [6.45, 7) is 19.0. The normalized spacial score (nSPS) is 41.9. The third kappa shape index (κ3) is 5.83. The summed E-state index contributed by atoms with van der Waals surface area (Å²) in [6.07, 6.45) is 15.1. The molecule has 6 unspecified atom stereocenters. The summed E-state index contributed by atoms with van der Waals surface area (Å²) in [4.78, 5) is 24.3. The van der Waals surface area contributed by atoms with Gasteiger partial charge >= 0.3 is 11.9 Å². The first-order chi connectivity index (χ1) is 18.2. The molecule has 4 heteroatoms. The lowest BCUT2D eigenvalue weighted by atomic mass is 9.38. The summed E-state index contributed by atoms with van der Waals surface area (Å²) in [5, 5.41) is 9.10. The monoisotopic (exact) mass is 544 g/mol. The molecule has 0 heterocycles. The minimum Gasteiger partial charge on any atom is -0.481 e. The molecular weight excluding hydrogens is 484 g/mol. The van der Waals surface area contributed by atoms with Crippen LogP contribution in [0.5, 0.6) is 0 Å². The van der Waals surface area contributed by atoms with Crippen LogP contribution in [0.15, 0.2) is 0 Å². The van der Waals surface area contributed by atoms with Crippen molar-refractivity contribution in [1.82, 2.24) is 0 Å². The van der Waals surface area contributed by atoms with E-state index in [2.05, 4.69) is 41.5 Å². The van der Waals surface area contributed by atoms with E-state index in [0.29, 0.717) is 23.2 Å². The number of carboxylic acid groups (broad SMARTS) is 1. The number of ether oxygens (including phenoxy) is 1. The highest BCUT2D eigenvalue weighted by atomic mass is 16.5. The first kappa shape index (κ1) is 30.9. The van der Waals surface area contributed by atoms with Crippen molar-refractivity contribution < 1.29 is 19.4 Å². The van der Waals surface area contributed by atoms with Crippen molar-refractivity contribution in [3.63, 3.8) is 0 Å². The molecule has 4 saturated carbocycles. The molecule has 0 amide bonds. The van der Waals surface area contributed by atoms with Crippen molar-refractivity contribution in [2.45, 2.75) is 151 Å². The van der Waals surface area contributed by atoms with Gasteiger partial charge in [0.05, 0.1) is 6.42 Å². The Hall–Kier alpha value is -1.06. The van der Waals surface area contributed by atoms with Crippen LogP contribution in [0.2, 0.25) is 0 Å². The van der Waals surface area contributed by atoms with E-state index in [4.69, 9.17) is 9.84 Å². The minimum atomic E-state index is -0.803.